The molecule has 0 aliphatic rings. The molecule has 2 aromatic carbocycles. The van der Waals surface area contributed by atoms with Gasteiger partial charge in [0, 0.05) is 23.5 Å². The fourth-order valence-electron chi connectivity index (χ4n) is 2.56. The van der Waals surface area contributed by atoms with Crippen molar-refractivity contribution in [2.75, 3.05) is 5.33 Å². The Kier molecular flexibility index (Phi) is 3.97. The maximum absolute atomic E-state index is 9.62. The second-order valence-corrected chi connectivity index (χ2v) is 5.79. The van der Waals surface area contributed by atoms with Gasteiger partial charge in [-0.05, 0) is 36.2 Å². The molecule has 1 heterocycles. The third-order valence-electron chi connectivity index (χ3n) is 3.60. The number of imidazole rings is 1. The number of hydrogen-bond donors (Lipinski definition) is 1. The fourth-order valence-corrected chi connectivity index (χ4v) is 3.02. The van der Waals surface area contributed by atoms with Gasteiger partial charge in [0.1, 0.15) is 11.6 Å². The normalized spacial score (nSPS) is 11.1. The molecule has 1 N–H and O–H groups in total. The van der Waals surface area contributed by atoms with E-state index >= 15 is 0 Å². The maximum Gasteiger partial charge on any atom is 0.117 e. The van der Waals surface area contributed by atoms with Crippen molar-refractivity contribution in [3.63, 3.8) is 0 Å². The van der Waals surface area contributed by atoms with Crippen LogP contribution >= 0.6 is 15.9 Å². The van der Waals surface area contributed by atoms with Crippen LogP contribution < -0.4 is 0 Å². The van der Waals surface area contributed by atoms with Crippen LogP contribution in [0.25, 0.3) is 16.7 Å². The molecule has 0 aliphatic carbocycles. The van der Waals surface area contributed by atoms with E-state index in [1.807, 2.05) is 6.07 Å². The maximum atomic E-state index is 9.62. The number of phenolic OH excluding ortho intramolecular Hbond substituents is 1. The lowest BCUT2D eigenvalue weighted by Crippen LogP contribution is -2.00. The lowest BCUT2D eigenvalue weighted by atomic mass is 10.1. The standard InChI is InChI=1S/C17H17BrN2O/c1-2-17-19-15-11-14(21)7-8-16(15)20(17)13-5-3-12(4-6-13)9-10-18/h3-8,11,21H,2,9-10H2,1H3. The summed E-state index contributed by atoms with van der Waals surface area (Å²) >= 11 is 3.47. The van der Waals surface area contributed by atoms with Crippen LogP contribution in [-0.4, -0.2) is 20.0 Å². The molecule has 0 fully saturated rings. The van der Waals surface area contributed by atoms with Gasteiger partial charge in [-0.25, -0.2) is 4.98 Å². The van der Waals surface area contributed by atoms with Crippen LogP contribution in [0.15, 0.2) is 42.5 Å². The Morgan fingerprint density at radius 3 is 2.57 bits per heavy atom. The van der Waals surface area contributed by atoms with Crippen molar-refractivity contribution >= 4 is 27.0 Å². The summed E-state index contributed by atoms with van der Waals surface area (Å²) in [6, 6.07) is 13.9. The molecule has 0 saturated heterocycles. The van der Waals surface area contributed by atoms with E-state index in [2.05, 4.69) is 56.7 Å². The number of rotatable bonds is 4. The Labute approximate surface area is 132 Å². The van der Waals surface area contributed by atoms with Crippen LogP contribution in [0.5, 0.6) is 5.75 Å². The molecule has 0 radical (unpaired) electrons. The van der Waals surface area contributed by atoms with Gasteiger partial charge in [-0.3, -0.25) is 4.57 Å². The van der Waals surface area contributed by atoms with Crippen LogP contribution in [0.1, 0.15) is 18.3 Å². The second kappa shape index (κ2) is 5.90. The zero-order chi connectivity index (χ0) is 14.8. The number of hydrogen-bond acceptors (Lipinski definition) is 2. The molecule has 3 nitrogen and oxygen atoms in total. The zero-order valence-corrected chi connectivity index (χ0v) is 13.5. The van der Waals surface area contributed by atoms with Crippen LogP contribution in [0, 0.1) is 0 Å². The average Bonchev–Trinajstić information content (AvgIpc) is 2.86. The number of alkyl halides is 1. The van der Waals surface area contributed by atoms with Gasteiger partial charge >= 0.3 is 0 Å². The number of aromatic hydroxyl groups is 1. The number of nitrogens with zero attached hydrogens (tertiary/aromatic N) is 2. The van der Waals surface area contributed by atoms with Gasteiger partial charge in [-0.2, -0.15) is 0 Å². The minimum atomic E-state index is 0.252. The zero-order valence-electron chi connectivity index (χ0n) is 11.9. The van der Waals surface area contributed by atoms with Crippen LogP contribution in [0.3, 0.4) is 0 Å². The first-order valence-electron chi connectivity index (χ1n) is 7.08. The molecule has 0 saturated carbocycles. The summed E-state index contributed by atoms with van der Waals surface area (Å²) in [4.78, 5) is 4.62. The topological polar surface area (TPSA) is 38.1 Å². The third kappa shape index (κ3) is 2.68. The van der Waals surface area contributed by atoms with Gasteiger partial charge in [-0.1, -0.05) is 35.0 Å². The minimum absolute atomic E-state index is 0.252. The van der Waals surface area contributed by atoms with E-state index in [-0.39, 0.29) is 5.75 Å². The molecule has 0 atom stereocenters. The van der Waals surface area contributed by atoms with Crippen LogP contribution in [0.2, 0.25) is 0 Å². The van der Waals surface area contributed by atoms with E-state index in [1.165, 1.54) is 5.56 Å². The van der Waals surface area contributed by atoms with Gasteiger partial charge in [0.2, 0.25) is 0 Å². The van der Waals surface area contributed by atoms with E-state index in [9.17, 15) is 5.11 Å². The van der Waals surface area contributed by atoms with E-state index in [1.54, 1.807) is 12.1 Å². The van der Waals surface area contributed by atoms with Crippen molar-refractivity contribution in [1.82, 2.24) is 9.55 Å². The third-order valence-corrected chi connectivity index (χ3v) is 4.00. The Morgan fingerprint density at radius 1 is 1.14 bits per heavy atom. The first-order chi connectivity index (χ1) is 10.2. The van der Waals surface area contributed by atoms with Crippen molar-refractivity contribution in [3.05, 3.63) is 53.9 Å². The van der Waals surface area contributed by atoms with E-state index in [0.29, 0.717) is 0 Å². The van der Waals surface area contributed by atoms with E-state index < -0.39 is 0 Å². The minimum Gasteiger partial charge on any atom is -0.508 e. The molecule has 4 heteroatoms. The Hall–Kier alpha value is -1.81. The van der Waals surface area contributed by atoms with Gasteiger partial charge < -0.3 is 5.11 Å². The monoisotopic (exact) mass is 344 g/mol. The Balaban J connectivity index is 2.13. The van der Waals surface area contributed by atoms with E-state index in [4.69, 9.17) is 0 Å². The highest BCUT2D eigenvalue weighted by molar-refractivity contribution is 9.09. The molecular weight excluding hydrogens is 328 g/mol. The van der Waals surface area contributed by atoms with Crippen LogP contribution in [0.4, 0.5) is 0 Å². The molecule has 0 bridgehead atoms. The van der Waals surface area contributed by atoms with Gasteiger partial charge in [-0.15, -0.1) is 0 Å². The van der Waals surface area contributed by atoms with Crippen molar-refractivity contribution < 1.29 is 5.11 Å². The number of fused-ring (bicyclic) bond motifs is 1. The smallest absolute Gasteiger partial charge is 0.117 e. The number of phenols is 1. The highest BCUT2D eigenvalue weighted by Crippen LogP contribution is 2.25. The lowest BCUT2D eigenvalue weighted by molar-refractivity contribution is 0.476. The molecular formula is C17H17BrN2O. The van der Waals surface area contributed by atoms with Crippen molar-refractivity contribution in [3.8, 4) is 11.4 Å². The molecule has 21 heavy (non-hydrogen) atoms. The number of benzene rings is 2. The average molecular weight is 345 g/mol. The number of aryl methyl sites for hydroxylation is 2. The molecule has 3 rings (SSSR count). The summed E-state index contributed by atoms with van der Waals surface area (Å²) in [7, 11) is 0. The Bertz CT molecular complexity index is 762. The highest BCUT2D eigenvalue weighted by Gasteiger charge is 2.11. The molecule has 0 spiro atoms. The summed E-state index contributed by atoms with van der Waals surface area (Å²) in [5.74, 6) is 1.26. The number of halogens is 1. The van der Waals surface area contributed by atoms with Crippen molar-refractivity contribution in [2.45, 2.75) is 19.8 Å². The predicted molar refractivity (Wildman–Crippen MR) is 89.6 cm³/mol. The highest BCUT2D eigenvalue weighted by atomic mass is 79.9. The molecule has 108 valence electrons. The van der Waals surface area contributed by atoms with E-state index in [0.717, 1.165) is 40.7 Å². The predicted octanol–water partition coefficient (Wildman–Crippen LogP) is 4.23. The fraction of sp³-hybridized carbons (Fsp3) is 0.235. The summed E-state index contributed by atoms with van der Waals surface area (Å²) < 4.78 is 2.16. The van der Waals surface area contributed by atoms with Crippen LogP contribution in [-0.2, 0) is 12.8 Å². The lowest BCUT2D eigenvalue weighted by Gasteiger charge is -2.09. The molecule has 0 amide bonds. The SMILES string of the molecule is CCc1nc2cc(O)ccc2n1-c1ccc(CCBr)cc1. The molecule has 1 aromatic heterocycles. The quantitative estimate of drug-likeness (QED) is 0.719. The summed E-state index contributed by atoms with van der Waals surface area (Å²) in [6.45, 7) is 2.09. The second-order valence-electron chi connectivity index (χ2n) is 5.00. The summed E-state index contributed by atoms with van der Waals surface area (Å²) in [5, 5.41) is 10.6. The number of aromatic nitrogens is 2. The summed E-state index contributed by atoms with van der Waals surface area (Å²) in [5.41, 5.74) is 4.28. The molecule has 0 unspecified atom stereocenters. The molecule has 0 aliphatic heterocycles. The first kappa shape index (κ1) is 14.1. The molecule has 3 aromatic rings. The Morgan fingerprint density at radius 2 is 1.90 bits per heavy atom. The van der Waals surface area contributed by atoms with Gasteiger partial charge in [0.25, 0.3) is 0 Å². The van der Waals surface area contributed by atoms with Gasteiger partial charge in [0.15, 0.2) is 0 Å². The first-order valence-corrected chi connectivity index (χ1v) is 8.20. The van der Waals surface area contributed by atoms with Crippen molar-refractivity contribution in [2.24, 2.45) is 0 Å². The van der Waals surface area contributed by atoms with Crippen molar-refractivity contribution in [1.29, 1.82) is 0 Å². The van der Waals surface area contributed by atoms with Gasteiger partial charge in [0.05, 0.1) is 11.0 Å². The largest absolute Gasteiger partial charge is 0.508 e. The summed E-state index contributed by atoms with van der Waals surface area (Å²) in [6.07, 6.45) is 1.87.